The number of ether oxygens (including phenoxy) is 1. The van der Waals surface area contributed by atoms with Crippen molar-refractivity contribution in [3.05, 3.63) is 34.9 Å². The molecule has 4 nitrogen and oxygen atoms in total. The second-order valence-electron chi connectivity index (χ2n) is 4.36. The minimum atomic E-state index is -0.388. The molecule has 0 aromatic heterocycles. The van der Waals surface area contributed by atoms with Crippen LogP contribution in [0.5, 0.6) is 0 Å². The molecule has 0 saturated heterocycles. The van der Waals surface area contributed by atoms with Crippen molar-refractivity contribution >= 4 is 34.4 Å². The van der Waals surface area contributed by atoms with E-state index in [2.05, 4.69) is 10.5 Å². The van der Waals surface area contributed by atoms with Crippen molar-refractivity contribution in [1.29, 1.82) is 0 Å². The Morgan fingerprint density at radius 1 is 1.40 bits per heavy atom. The van der Waals surface area contributed by atoms with Crippen molar-refractivity contribution in [3.8, 4) is 0 Å². The maximum Gasteiger partial charge on any atom is 0.341 e. The Bertz CT molecular complexity index is 490. The van der Waals surface area contributed by atoms with E-state index >= 15 is 0 Å². The Hall–Kier alpha value is -1.20. The van der Waals surface area contributed by atoms with E-state index in [4.69, 9.17) is 16.3 Å². The van der Waals surface area contributed by atoms with E-state index < -0.39 is 0 Å². The molecule has 0 saturated carbocycles. The summed E-state index contributed by atoms with van der Waals surface area (Å²) in [7, 11) is 0. The van der Waals surface area contributed by atoms with E-state index in [1.807, 2.05) is 24.3 Å². The number of aryl methyl sites for hydroxylation is 1. The van der Waals surface area contributed by atoms with Crippen LogP contribution in [-0.2, 0) is 16.0 Å². The van der Waals surface area contributed by atoms with Crippen LogP contribution in [0.4, 0.5) is 0 Å². The van der Waals surface area contributed by atoms with Gasteiger partial charge in [-0.3, -0.25) is 5.43 Å². The second-order valence-corrected chi connectivity index (χ2v) is 5.98. The molecule has 1 heterocycles. The summed E-state index contributed by atoms with van der Waals surface area (Å²) in [5, 5.41) is 5.50. The summed E-state index contributed by atoms with van der Waals surface area (Å²) in [4.78, 5) is 11.5. The monoisotopic (exact) mass is 312 g/mol. The number of hydrogen-bond donors (Lipinski definition) is 1. The first-order valence-electron chi connectivity index (χ1n) is 6.59. The SMILES string of the molecule is CCOC(=O)C1NN=C(CCCc2ccc(Cl)cc2)S1. The van der Waals surface area contributed by atoms with E-state index in [1.165, 1.54) is 17.3 Å². The summed E-state index contributed by atoms with van der Waals surface area (Å²) >= 11 is 7.29. The average Bonchev–Trinajstić information content (AvgIpc) is 2.90. The highest BCUT2D eigenvalue weighted by atomic mass is 35.5. The normalized spacial score (nSPS) is 17.5. The number of carbonyl (C=O) groups excluding carboxylic acids is 1. The Morgan fingerprint density at radius 2 is 2.15 bits per heavy atom. The lowest BCUT2D eigenvalue weighted by Gasteiger charge is -2.07. The van der Waals surface area contributed by atoms with E-state index in [-0.39, 0.29) is 11.3 Å². The Kier molecular flexibility index (Phi) is 5.73. The fraction of sp³-hybridized carbons (Fsp3) is 0.429. The number of rotatable bonds is 6. The predicted molar refractivity (Wildman–Crippen MR) is 83.0 cm³/mol. The van der Waals surface area contributed by atoms with Crippen LogP contribution in [-0.4, -0.2) is 23.0 Å². The number of esters is 1. The summed E-state index contributed by atoms with van der Waals surface area (Å²) in [6.45, 7) is 2.19. The maximum absolute atomic E-state index is 11.5. The highest BCUT2D eigenvalue weighted by Gasteiger charge is 2.26. The number of thioether (sulfide) groups is 1. The first-order chi connectivity index (χ1) is 9.69. The molecule has 1 N–H and O–H groups in total. The quantitative estimate of drug-likeness (QED) is 0.820. The molecule has 1 aliphatic heterocycles. The molecule has 0 aliphatic carbocycles. The van der Waals surface area contributed by atoms with Crippen LogP contribution in [0.25, 0.3) is 0 Å². The first kappa shape index (κ1) is 15.2. The summed E-state index contributed by atoms with van der Waals surface area (Å²) in [5.41, 5.74) is 4.06. The number of hydrazone groups is 1. The van der Waals surface area contributed by atoms with Gasteiger partial charge in [-0.05, 0) is 43.9 Å². The van der Waals surface area contributed by atoms with Gasteiger partial charge in [-0.15, -0.1) is 0 Å². The van der Waals surface area contributed by atoms with Gasteiger partial charge in [0.1, 0.15) is 0 Å². The molecule has 1 aromatic rings. The lowest BCUT2D eigenvalue weighted by molar-refractivity contribution is -0.142. The van der Waals surface area contributed by atoms with E-state index in [0.717, 1.165) is 29.3 Å². The molecule has 1 aliphatic rings. The van der Waals surface area contributed by atoms with Gasteiger partial charge in [-0.2, -0.15) is 5.10 Å². The summed E-state index contributed by atoms with van der Waals surface area (Å²) in [6, 6.07) is 7.87. The molecule has 0 bridgehead atoms. The Balaban J connectivity index is 1.70. The van der Waals surface area contributed by atoms with Crippen molar-refractivity contribution in [2.24, 2.45) is 5.10 Å². The third-order valence-electron chi connectivity index (χ3n) is 2.83. The molecule has 20 heavy (non-hydrogen) atoms. The molecule has 0 spiro atoms. The van der Waals surface area contributed by atoms with Gasteiger partial charge in [-0.1, -0.05) is 35.5 Å². The van der Waals surface area contributed by atoms with Crippen LogP contribution in [0.3, 0.4) is 0 Å². The van der Waals surface area contributed by atoms with E-state index in [9.17, 15) is 4.79 Å². The molecule has 6 heteroatoms. The van der Waals surface area contributed by atoms with Crippen LogP contribution < -0.4 is 5.43 Å². The lowest BCUT2D eigenvalue weighted by atomic mass is 10.1. The fourth-order valence-corrected chi connectivity index (χ4v) is 2.88. The number of nitrogens with zero attached hydrogens (tertiary/aromatic N) is 1. The summed E-state index contributed by atoms with van der Waals surface area (Å²) in [5.74, 6) is -0.256. The number of carbonyl (C=O) groups is 1. The molecule has 1 atom stereocenters. The molecule has 0 amide bonds. The van der Waals surface area contributed by atoms with Crippen LogP contribution in [0.15, 0.2) is 29.4 Å². The van der Waals surface area contributed by atoms with Gasteiger partial charge in [0.25, 0.3) is 0 Å². The second kappa shape index (κ2) is 7.55. The minimum absolute atomic E-state index is 0.256. The van der Waals surface area contributed by atoms with Gasteiger partial charge in [0, 0.05) is 5.02 Å². The molecule has 108 valence electrons. The van der Waals surface area contributed by atoms with Gasteiger partial charge in [0.2, 0.25) is 0 Å². The minimum Gasteiger partial charge on any atom is -0.464 e. The highest BCUT2D eigenvalue weighted by molar-refractivity contribution is 8.15. The standard InChI is InChI=1S/C14H17ClN2O2S/c1-2-19-14(18)13-17-16-12(20-13)5-3-4-10-6-8-11(15)9-7-10/h6-9,13,17H,2-5H2,1H3. The van der Waals surface area contributed by atoms with Crippen molar-refractivity contribution < 1.29 is 9.53 Å². The van der Waals surface area contributed by atoms with Crippen molar-refractivity contribution in [2.45, 2.75) is 31.6 Å². The lowest BCUT2D eigenvalue weighted by Crippen LogP contribution is -2.28. The molecule has 0 fully saturated rings. The van der Waals surface area contributed by atoms with Crippen LogP contribution >= 0.6 is 23.4 Å². The van der Waals surface area contributed by atoms with Crippen LogP contribution in [0.2, 0.25) is 5.02 Å². The third kappa shape index (κ3) is 4.42. The molecule has 2 rings (SSSR count). The molecular weight excluding hydrogens is 296 g/mol. The van der Waals surface area contributed by atoms with Crippen molar-refractivity contribution in [2.75, 3.05) is 6.61 Å². The smallest absolute Gasteiger partial charge is 0.341 e. The largest absolute Gasteiger partial charge is 0.464 e. The number of halogens is 1. The van der Waals surface area contributed by atoms with Crippen LogP contribution in [0, 0.1) is 0 Å². The maximum atomic E-state index is 11.5. The van der Waals surface area contributed by atoms with Gasteiger partial charge in [0.05, 0.1) is 11.7 Å². The topological polar surface area (TPSA) is 50.7 Å². The summed E-state index contributed by atoms with van der Waals surface area (Å²) < 4.78 is 4.95. The number of hydrogen-bond acceptors (Lipinski definition) is 5. The molecular formula is C14H17ClN2O2S. The van der Waals surface area contributed by atoms with Crippen molar-refractivity contribution in [1.82, 2.24) is 5.43 Å². The highest BCUT2D eigenvalue weighted by Crippen LogP contribution is 2.22. The van der Waals surface area contributed by atoms with Crippen LogP contribution in [0.1, 0.15) is 25.3 Å². The fourth-order valence-electron chi connectivity index (χ4n) is 1.85. The zero-order valence-corrected chi connectivity index (χ0v) is 12.8. The van der Waals surface area contributed by atoms with Gasteiger partial charge in [0.15, 0.2) is 5.37 Å². The van der Waals surface area contributed by atoms with E-state index in [0.29, 0.717) is 6.61 Å². The van der Waals surface area contributed by atoms with Gasteiger partial charge < -0.3 is 4.74 Å². The van der Waals surface area contributed by atoms with Gasteiger partial charge >= 0.3 is 5.97 Å². The van der Waals surface area contributed by atoms with Crippen molar-refractivity contribution in [3.63, 3.8) is 0 Å². The first-order valence-corrected chi connectivity index (χ1v) is 7.84. The third-order valence-corrected chi connectivity index (χ3v) is 4.18. The average molecular weight is 313 g/mol. The Morgan fingerprint density at radius 3 is 2.85 bits per heavy atom. The van der Waals surface area contributed by atoms with E-state index in [1.54, 1.807) is 6.92 Å². The van der Waals surface area contributed by atoms with Gasteiger partial charge in [-0.25, -0.2) is 4.79 Å². The molecule has 1 aromatic carbocycles. The number of nitrogens with one attached hydrogen (secondary N) is 1. The zero-order valence-electron chi connectivity index (χ0n) is 11.3. The number of benzene rings is 1. The molecule has 1 unspecified atom stereocenters. The predicted octanol–water partition coefficient (Wildman–Crippen LogP) is 3.20. The summed E-state index contributed by atoms with van der Waals surface area (Å²) in [6.07, 6.45) is 2.82. The molecule has 0 radical (unpaired) electrons. The zero-order chi connectivity index (χ0) is 14.4. The Labute approximate surface area is 127 Å².